The lowest BCUT2D eigenvalue weighted by Crippen LogP contribution is -2.25. The molecule has 4 aromatic rings. The van der Waals surface area contributed by atoms with Crippen LogP contribution < -0.4 is 5.32 Å². The zero-order chi connectivity index (χ0) is 17.8. The molecule has 2 atom stereocenters. The molecule has 5 heteroatoms. The molecule has 4 rings (SSSR count). The molecule has 0 unspecified atom stereocenters. The smallest absolute Gasteiger partial charge is 0.247 e. The van der Waals surface area contributed by atoms with Crippen LogP contribution in [0.15, 0.2) is 88.1 Å². The fourth-order valence-electron chi connectivity index (χ4n) is 2.90. The maximum atomic E-state index is 5.88. The molecule has 0 saturated heterocycles. The van der Waals surface area contributed by atoms with Crippen LogP contribution in [0.4, 0.5) is 0 Å². The monoisotopic (exact) mass is 345 g/mol. The quantitative estimate of drug-likeness (QED) is 0.545. The summed E-state index contributed by atoms with van der Waals surface area (Å²) in [7, 11) is 0. The summed E-state index contributed by atoms with van der Waals surface area (Å²) in [5.41, 5.74) is 3.10. The van der Waals surface area contributed by atoms with Crippen LogP contribution in [0.25, 0.3) is 11.5 Å². The zero-order valence-corrected chi connectivity index (χ0v) is 14.4. The molecule has 0 aliphatic rings. The highest BCUT2D eigenvalue weighted by Gasteiger charge is 2.22. The van der Waals surface area contributed by atoms with Gasteiger partial charge in [-0.25, -0.2) is 0 Å². The third kappa shape index (κ3) is 3.43. The topological polar surface area (TPSA) is 64.1 Å². The fraction of sp³-hybridized carbons (Fsp3) is 0.143. The summed E-state index contributed by atoms with van der Waals surface area (Å²) in [5, 5.41) is 12.0. The van der Waals surface area contributed by atoms with E-state index in [4.69, 9.17) is 8.83 Å². The van der Waals surface area contributed by atoms with Crippen molar-refractivity contribution in [2.24, 2.45) is 0 Å². The van der Waals surface area contributed by atoms with Crippen molar-refractivity contribution < 1.29 is 8.83 Å². The van der Waals surface area contributed by atoms with Crippen molar-refractivity contribution in [2.75, 3.05) is 0 Å². The van der Waals surface area contributed by atoms with E-state index in [1.54, 1.807) is 12.5 Å². The molecule has 2 heterocycles. The molecule has 130 valence electrons. The molecule has 26 heavy (non-hydrogen) atoms. The van der Waals surface area contributed by atoms with Crippen molar-refractivity contribution in [2.45, 2.75) is 19.0 Å². The molecule has 5 nitrogen and oxygen atoms in total. The van der Waals surface area contributed by atoms with Gasteiger partial charge in [-0.05, 0) is 30.7 Å². The second-order valence-electron chi connectivity index (χ2n) is 6.10. The van der Waals surface area contributed by atoms with Gasteiger partial charge in [-0.2, -0.15) is 0 Å². The average molecular weight is 345 g/mol. The summed E-state index contributed by atoms with van der Waals surface area (Å²) in [6.07, 6.45) is 3.43. The van der Waals surface area contributed by atoms with Crippen molar-refractivity contribution in [1.29, 1.82) is 0 Å². The number of hydrogen-bond donors (Lipinski definition) is 1. The minimum absolute atomic E-state index is 0.0305. The molecular weight excluding hydrogens is 326 g/mol. The summed E-state index contributed by atoms with van der Waals surface area (Å²) in [6.45, 7) is 2.01. The highest BCUT2D eigenvalue weighted by atomic mass is 16.4. The second-order valence-corrected chi connectivity index (χ2v) is 6.10. The lowest BCUT2D eigenvalue weighted by Gasteiger charge is -2.21. The fourth-order valence-corrected chi connectivity index (χ4v) is 2.90. The van der Waals surface area contributed by atoms with Gasteiger partial charge in [-0.15, -0.1) is 10.2 Å². The Balaban J connectivity index is 1.57. The zero-order valence-electron chi connectivity index (χ0n) is 14.4. The van der Waals surface area contributed by atoms with Gasteiger partial charge in [0.25, 0.3) is 0 Å². The average Bonchev–Trinajstić information content (AvgIpc) is 3.39. The molecule has 0 bridgehead atoms. The predicted molar refractivity (Wildman–Crippen MR) is 98.3 cm³/mol. The van der Waals surface area contributed by atoms with Crippen LogP contribution in [0.5, 0.6) is 0 Å². The summed E-state index contributed by atoms with van der Waals surface area (Å²) in [6, 6.07) is 21.8. The van der Waals surface area contributed by atoms with Crippen LogP contribution in [0.3, 0.4) is 0 Å². The van der Waals surface area contributed by atoms with E-state index in [2.05, 4.69) is 27.6 Å². The maximum absolute atomic E-state index is 5.88. The van der Waals surface area contributed by atoms with Crippen LogP contribution >= 0.6 is 0 Å². The van der Waals surface area contributed by atoms with E-state index < -0.39 is 0 Å². The van der Waals surface area contributed by atoms with E-state index in [1.807, 2.05) is 61.5 Å². The molecule has 2 aromatic heterocycles. The van der Waals surface area contributed by atoms with Crippen molar-refractivity contribution in [3.63, 3.8) is 0 Å². The number of nitrogens with one attached hydrogen (secondary N) is 1. The number of nitrogens with zero attached hydrogens (tertiary/aromatic N) is 2. The number of rotatable bonds is 6. The molecule has 0 fully saturated rings. The Morgan fingerprint density at radius 3 is 2.27 bits per heavy atom. The van der Waals surface area contributed by atoms with E-state index in [-0.39, 0.29) is 12.1 Å². The summed E-state index contributed by atoms with van der Waals surface area (Å²) >= 11 is 0. The summed E-state index contributed by atoms with van der Waals surface area (Å²) in [4.78, 5) is 0. The standard InChI is InChI=1S/C21H19N3O2/c1-15(20-23-24-21(26-20)17-10-6-3-7-11-17)22-19(18-12-13-25-14-18)16-8-4-2-5-9-16/h2-15,19,22H,1H3/t15-,19-/m1/s1. The molecule has 0 aliphatic carbocycles. The van der Waals surface area contributed by atoms with Gasteiger partial charge in [-0.3, -0.25) is 5.32 Å². The Morgan fingerprint density at radius 1 is 0.846 bits per heavy atom. The van der Waals surface area contributed by atoms with Gasteiger partial charge in [0.05, 0.1) is 24.6 Å². The van der Waals surface area contributed by atoms with E-state index in [9.17, 15) is 0 Å². The Labute approximate surface area is 151 Å². The third-order valence-electron chi connectivity index (χ3n) is 4.26. The number of furan rings is 1. The number of aromatic nitrogens is 2. The van der Waals surface area contributed by atoms with Crippen LogP contribution in [0.1, 0.15) is 36.0 Å². The molecule has 0 radical (unpaired) electrons. The second kappa shape index (κ2) is 7.37. The van der Waals surface area contributed by atoms with Gasteiger partial charge in [0.1, 0.15) is 0 Å². The highest BCUT2D eigenvalue weighted by Crippen LogP contribution is 2.27. The Kier molecular flexibility index (Phi) is 4.62. The normalized spacial score (nSPS) is 13.4. The first-order valence-corrected chi connectivity index (χ1v) is 8.53. The molecule has 0 amide bonds. The van der Waals surface area contributed by atoms with Gasteiger partial charge in [0, 0.05) is 11.1 Å². The lowest BCUT2D eigenvalue weighted by atomic mass is 10.0. The third-order valence-corrected chi connectivity index (χ3v) is 4.26. The van der Waals surface area contributed by atoms with Crippen molar-refractivity contribution in [1.82, 2.24) is 15.5 Å². The lowest BCUT2D eigenvalue weighted by molar-refractivity contribution is 0.402. The van der Waals surface area contributed by atoms with E-state index in [0.717, 1.165) is 16.7 Å². The first kappa shape index (κ1) is 16.3. The van der Waals surface area contributed by atoms with Gasteiger partial charge >= 0.3 is 0 Å². The van der Waals surface area contributed by atoms with Crippen LogP contribution in [0, 0.1) is 0 Å². The summed E-state index contributed by atoms with van der Waals surface area (Å²) < 4.78 is 11.2. The Bertz CT molecular complexity index is 934. The largest absolute Gasteiger partial charge is 0.472 e. The van der Waals surface area contributed by atoms with Crippen molar-refractivity contribution >= 4 is 0 Å². The van der Waals surface area contributed by atoms with E-state index in [0.29, 0.717) is 11.8 Å². The van der Waals surface area contributed by atoms with Gasteiger partial charge < -0.3 is 8.83 Å². The summed E-state index contributed by atoms with van der Waals surface area (Å²) in [5.74, 6) is 1.07. The molecule has 0 saturated carbocycles. The minimum atomic E-state index is -0.125. The predicted octanol–water partition coefficient (Wildman–Crippen LogP) is 4.77. The number of benzene rings is 2. The first-order chi connectivity index (χ1) is 12.8. The molecule has 2 aromatic carbocycles. The molecule has 1 N–H and O–H groups in total. The van der Waals surface area contributed by atoms with Crippen molar-refractivity contribution in [3.05, 3.63) is 96.3 Å². The number of hydrogen-bond acceptors (Lipinski definition) is 5. The molecule has 0 spiro atoms. The van der Waals surface area contributed by atoms with Gasteiger partial charge in [0.2, 0.25) is 11.8 Å². The maximum Gasteiger partial charge on any atom is 0.247 e. The Hall–Kier alpha value is -3.18. The minimum Gasteiger partial charge on any atom is -0.472 e. The van der Waals surface area contributed by atoms with Gasteiger partial charge in [-0.1, -0.05) is 48.5 Å². The highest BCUT2D eigenvalue weighted by molar-refractivity contribution is 5.51. The Morgan fingerprint density at radius 2 is 1.58 bits per heavy atom. The van der Waals surface area contributed by atoms with Crippen LogP contribution in [0.2, 0.25) is 0 Å². The molecular formula is C21H19N3O2. The SMILES string of the molecule is C[C@@H](N[C@H](c1ccccc1)c1ccoc1)c1nnc(-c2ccccc2)o1. The van der Waals surface area contributed by atoms with E-state index in [1.165, 1.54) is 0 Å². The molecule has 0 aliphatic heterocycles. The van der Waals surface area contributed by atoms with Crippen LogP contribution in [-0.2, 0) is 0 Å². The van der Waals surface area contributed by atoms with Gasteiger partial charge in [0.15, 0.2) is 0 Å². The van der Waals surface area contributed by atoms with Crippen LogP contribution in [-0.4, -0.2) is 10.2 Å². The first-order valence-electron chi connectivity index (χ1n) is 8.53. The van der Waals surface area contributed by atoms with Crippen molar-refractivity contribution in [3.8, 4) is 11.5 Å². The van der Waals surface area contributed by atoms with E-state index >= 15 is 0 Å².